The molecule has 1 atom stereocenters. The van der Waals surface area contributed by atoms with Crippen LogP contribution in [-0.2, 0) is 4.79 Å². The summed E-state index contributed by atoms with van der Waals surface area (Å²) in [7, 11) is 0. The van der Waals surface area contributed by atoms with Crippen molar-refractivity contribution in [2.75, 3.05) is 37.6 Å². The van der Waals surface area contributed by atoms with Crippen molar-refractivity contribution in [1.82, 2.24) is 20.2 Å². The van der Waals surface area contributed by atoms with E-state index in [9.17, 15) is 4.79 Å². The molecule has 3 heterocycles. The number of nitrogens with one attached hydrogen (secondary N) is 1. The minimum Gasteiger partial charge on any atom is -0.355 e. The summed E-state index contributed by atoms with van der Waals surface area (Å²) in [6.45, 7) is 4.39. The smallest absolute Gasteiger partial charge is 0.237 e. The molecule has 0 aliphatic carbocycles. The molecule has 1 aromatic rings. The lowest BCUT2D eigenvalue weighted by molar-refractivity contribution is -0.126. The molecule has 1 amide bonds. The van der Waals surface area contributed by atoms with Crippen LogP contribution in [0.25, 0.3) is 0 Å². The maximum absolute atomic E-state index is 12.1. The molecule has 20 heavy (non-hydrogen) atoms. The summed E-state index contributed by atoms with van der Waals surface area (Å²) in [5.74, 6) is 0.990. The number of hydrogen-bond donors (Lipinski definition) is 1. The summed E-state index contributed by atoms with van der Waals surface area (Å²) in [6.07, 6.45) is 6.75. The van der Waals surface area contributed by atoms with Crippen molar-refractivity contribution in [1.29, 1.82) is 0 Å². The molecular weight excluding hydrogens is 254 g/mol. The van der Waals surface area contributed by atoms with Crippen LogP contribution in [0.15, 0.2) is 18.5 Å². The van der Waals surface area contributed by atoms with Gasteiger partial charge in [-0.05, 0) is 25.3 Å². The van der Waals surface area contributed by atoms with Gasteiger partial charge < -0.3 is 10.2 Å². The summed E-state index contributed by atoms with van der Waals surface area (Å²) in [5.41, 5.74) is 0. The fraction of sp³-hybridized carbons (Fsp3) is 0.643. The van der Waals surface area contributed by atoms with E-state index < -0.39 is 0 Å². The van der Waals surface area contributed by atoms with Crippen LogP contribution in [0.5, 0.6) is 0 Å². The lowest BCUT2D eigenvalue weighted by Gasteiger charge is -2.38. The zero-order chi connectivity index (χ0) is 13.8. The fourth-order valence-corrected chi connectivity index (χ4v) is 2.96. The predicted molar refractivity (Wildman–Crippen MR) is 76.5 cm³/mol. The van der Waals surface area contributed by atoms with Crippen molar-refractivity contribution < 1.29 is 4.79 Å². The Bertz CT molecular complexity index is 444. The monoisotopic (exact) mass is 275 g/mol. The van der Waals surface area contributed by atoms with E-state index in [1.807, 2.05) is 6.07 Å². The summed E-state index contributed by atoms with van der Waals surface area (Å²) in [4.78, 5) is 25.1. The maximum atomic E-state index is 12.1. The lowest BCUT2D eigenvalue weighted by Crippen LogP contribution is -2.54. The molecule has 3 rings (SSSR count). The zero-order valence-corrected chi connectivity index (χ0v) is 11.7. The Kier molecular flexibility index (Phi) is 4.11. The highest BCUT2D eigenvalue weighted by Crippen LogP contribution is 2.16. The van der Waals surface area contributed by atoms with Gasteiger partial charge in [-0.3, -0.25) is 9.69 Å². The van der Waals surface area contributed by atoms with Gasteiger partial charge in [-0.25, -0.2) is 9.97 Å². The van der Waals surface area contributed by atoms with Gasteiger partial charge >= 0.3 is 0 Å². The summed E-state index contributed by atoms with van der Waals surface area (Å²) < 4.78 is 0. The largest absolute Gasteiger partial charge is 0.355 e. The topological polar surface area (TPSA) is 61.4 Å². The van der Waals surface area contributed by atoms with Crippen molar-refractivity contribution >= 4 is 11.9 Å². The van der Waals surface area contributed by atoms with Crippen molar-refractivity contribution in [3.05, 3.63) is 18.5 Å². The van der Waals surface area contributed by atoms with Crippen LogP contribution in [0.2, 0.25) is 0 Å². The lowest BCUT2D eigenvalue weighted by atomic mass is 10.1. The van der Waals surface area contributed by atoms with Gasteiger partial charge in [0.1, 0.15) is 0 Å². The molecule has 2 aliphatic rings. The molecule has 6 heteroatoms. The molecule has 1 aromatic heterocycles. The van der Waals surface area contributed by atoms with Crippen molar-refractivity contribution in [3.63, 3.8) is 0 Å². The highest BCUT2D eigenvalue weighted by atomic mass is 16.2. The highest BCUT2D eigenvalue weighted by Gasteiger charge is 2.30. The van der Waals surface area contributed by atoms with Gasteiger partial charge in [0, 0.05) is 45.1 Å². The number of piperazine rings is 1. The third-order valence-corrected chi connectivity index (χ3v) is 4.10. The molecule has 6 nitrogen and oxygen atoms in total. The summed E-state index contributed by atoms with van der Waals surface area (Å²) in [5, 5.41) is 3.02. The van der Waals surface area contributed by atoms with Gasteiger partial charge in [0.15, 0.2) is 0 Å². The van der Waals surface area contributed by atoms with E-state index >= 15 is 0 Å². The SMILES string of the molecule is O=C1NCCCCC1N1CCN(c2ncccn2)CC1. The van der Waals surface area contributed by atoms with Crippen molar-refractivity contribution in [2.45, 2.75) is 25.3 Å². The average Bonchev–Trinajstić information content (AvgIpc) is 2.73. The van der Waals surface area contributed by atoms with E-state index in [2.05, 4.69) is 25.1 Å². The Morgan fingerprint density at radius 3 is 2.60 bits per heavy atom. The maximum Gasteiger partial charge on any atom is 0.237 e. The molecule has 0 bridgehead atoms. The number of hydrogen-bond acceptors (Lipinski definition) is 5. The van der Waals surface area contributed by atoms with Crippen LogP contribution in [0.1, 0.15) is 19.3 Å². The first-order chi connectivity index (χ1) is 9.84. The fourth-order valence-electron chi connectivity index (χ4n) is 2.96. The summed E-state index contributed by atoms with van der Waals surface area (Å²) >= 11 is 0. The molecule has 2 fully saturated rings. The number of anilines is 1. The third-order valence-electron chi connectivity index (χ3n) is 4.10. The second-order valence-corrected chi connectivity index (χ2v) is 5.37. The minimum atomic E-state index is 0.0522. The molecule has 2 aliphatic heterocycles. The van der Waals surface area contributed by atoms with Crippen LogP contribution < -0.4 is 10.2 Å². The molecule has 0 spiro atoms. The van der Waals surface area contributed by atoms with Gasteiger partial charge in [-0.15, -0.1) is 0 Å². The van der Waals surface area contributed by atoms with Crippen LogP contribution in [0, 0.1) is 0 Å². The second-order valence-electron chi connectivity index (χ2n) is 5.37. The third kappa shape index (κ3) is 2.90. The number of aromatic nitrogens is 2. The van der Waals surface area contributed by atoms with Gasteiger partial charge in [-0.2, -0.15) is 0 Å². The van der Waals surface area contributed by atoms with E-state index in [0.717, 1.165) is 57.9 Å². The minimum absolute atomic E-state index is 0.0522. The molecule has 0 radical (unpaired) electrons. The Hall–Kier alpha value is -1.69. The molecule has 1 unspecified atom stereocenters. The van der Waals surface area contributed by atoms with Gasteiger partial charge in [-0.1, -0.05) is 0 Å². The predicted octanol–water partition coefficient (Wildman–Crippen LogP) is 0.267. The van der Waals surface area contributed by atoms with Gasteiger partial charge in [0.2, 0.25) is 11.9 Å². The van der Waals surface area contributed by atoms with Crippen LogP contribution in [0.3, 0.4) is 0 Å². The molecule has 0 saturated carbocycles. The first kappa shape index (κ1) is 13.3. The van der Waals surface area contributed by atoms with Gasteiger partial charge in [0.25, 0.3) is 0 Å². The average molecular weight is 275 g/mol. The quantitative estimate of drug-likeness (QED) is 0.839. The Morgan fingerprint density at radius 1 is 1.10 bits per heavy atom. The number of amides is 1. The second kappa shape index (κ2) is 6.17. The summed E-state index contributed by atoms with van der Waals surface area (Å²) in [6, 6.07) is 1.88. The number of carbonyl (C=O) groups excluding carboxylic acids is 1. The number of nitrogens with zero attached hydrogens (tertiary/aromatic N) is 4. The number of carbonyl (C=O) groups is 1. The van der Waals surface area contributed by atoms with Crippen molar-refractivity contribution in [2.24, 2.45) is 0 Å². The standard InChI is InChI=1S/C14H21N5O/c20-13-12(4-1-2-5-15-13)18-8-10-19(11-9-18)14-16-6-3-7-17-14/h3,6-7,12H,1-2,4-5,8-11H2,(H,15,20). The number of rotatable bonds is 2. The van der Waals surface area contributed by atoms with Gasteiger partial charge in [0.05, 0.1) is 6.04 Å². The molecule has 0 aromatic carbocycles. The first-order valence-electron chi connectivity index (χ1n) is 7.38. The van der Waals surface area contributed by atoms with Crippen LogP contribution >= 0.6 is 0 Å². The zero-order valence-electron chi connectivity index (χ0n) is 11.7. The highest BCUT2D eigenvalue weighted by molar-refractivity contribution is 5.82. The van der Waals surface area contributed by atoms with E-state index in [4.69, 9.17) is 0 Å². The van der Waals surface area contributed by atoms with E-state index in [-0.39, 0.29) is 11.9 Å². The molecule has 108 valence electrons. The van der Waals surface area contributed by atoms with E-state index in [1.54, 1.807) is 12.4 Å². The Balaban J connectivity index is 1.59. The normalized spacial score (nSPS) is 25.1. The Morgan fingerprint density at radius 2 is 1.85 bits per heavy atom. The molecule has 1 N–H and O–H groups in total. The Labute approximate surface area is 119 Å². The van der Waals surface area contributed by atoms with Crippen LogP contribution in [-0.4, -0.2) is 59.5 Å². The molecule has 2 saturated heterocycles. The van der Waals surface area contributed by atoms with E-state index in [1.165, 1.54) is 0 Å². The first-order valence-corrected chi connectivity index (χ1v) is 7.38. The molecular formula is C14H21N5O. The van der Waals surface area contributed by atoms with E-state index in [0.29, 0.717) is 0 Å². The van der Waals surface area contributed by atoms with Crippen molar-refractivity contribution in [3.8, 4) is 0 Å². The van der Waals surface area contributed by atoms with Crippen LogP contribution in [0.4, 0.5) is 5.95 Å².